The molecule has 2 N–H and O–H groups in total. The van der Waals surface area contributed by atoms with Gasteiger partial charge in [-0.15, -0.1) is 0 Å². The normalized spacial score (nSPS) is 11.7. The summed E-state index contributed by atoms with van der Waals surface area (Å²) in [4.78, 5) is 51.3. The Kier molecular flexibility index (Phi) is 11.7. The van der Waals surface area contributed by atoms with Crippen LogP contribution in [0.5, 0.6) is 5.75 Å². The first kappa shape index (κ1) is 28.7. The SMILES string of the molecule is COC(=O)COC(=O)COC(=O)C(C)c1ccc2cc(OC(=O)CCCCCON(O)O)ccc2c1. The summed E-state index contributed by atoms with van der Waals surface area (Å²) >= 11 is 0. The Morgan fingerprint density at radius 1 is 0.861 bits per heavy atom. The van der Waals surface area contributed by atoms with Gasteiger partial charge in [-0.1, -0.05) is 30.7 Å². The first-order valence-electron chi connectivity index (χ1n) is 11.1. The van der Waals surface area contributed by atoms with E-state index in [0.717, 1.165) is 17.9 Å². The van der Waals surface area contributed by atoms with Crippen LogP contribution in [0.15, 0.2) is 36.4 Å². The summed E-state index contributed by atoms with van der Waals surface area (Å²) in [6.07, 6.45) is 1.97. The molecule has 1 atom stereocenters. The molecule has 0 aromatic heterocycles. The summed E-state index contributed by atoms with van der Waals surface area (Å²) in [5.41, 5.74) is 0.662. The van der Waals surface area contributed by atoms with E-state index in [4.69, 9.17) is 19.9 Å². The smallest absolute Gasteiger partial charge is 0.344 e. The van der Waals surface area contributed by atoms with Gasteiger partial charge in [0.25, 0.3) is 0 Å². The predicted octanol–water partition coefficient (Wildman–Crippen LogP) is 2.68. The van der Waals surface area contributed by atoms with Crippen molar-refractivity contribution in [3.63, 3.8) is 0 Å². The number of unbranched alkanes of at least 4 members (excludes halogenated alkanes) is 2. The van der Waals surface area contributed by atoms with Crippen LogP contribution in [-0.2, 0) is 38.2 Å². The fraction of sp³-hybridized carbons (Fsp3) is 0.417. The molecule has 0 aliphatic heterocycles. The number of hydrogen-bond donors (Lipinski definition) is 2. The zero-order valence-corrected chi connectivity index (χ0v) is 20.0. The highest BCUT2D eigenvalue weighted by atomic mass is 17.1. The number of rotatable bonds is 14. The number of ether oxygens (including phenoxy) is 4. The Morgan fingerprint density at radius 3 is 2.28 bits per heavy atom. The highest BCUT2D eigenvalue weighted by Gasteiger charge is 2.19. The molecular weight excluding hydrogens is 478 g/mol. The highest BCUT2D eigenvalue weighted by molar-refractivity contribution is 5.88. The summed E-state index contributed by atoms with van der Waals surface area (Å²) < 4.78 is 19.3. The van der Waals surface area contributed by atoms with Crippen LogP contribution in [0.25, 0.3) is 10.8 Å². The van der Waals surface area contributed by atoms with Gasteiger partial charge in [0.2, 0.25) is 0 Å². The van der Waals surface area contributed by atoms with Crippen molar-refractivity contribution in [3.8, 4) is 5.75 Å². The third-order valence-corrected chi connectivity index (χ3v) is 5.06. The number of methoxy groups -OCH3 is 1. The maximum absolute atomic E-state index is 12.3. The van der Waals surface area contributed by atoms with Crippen molar-refractivity contribution in [1.82, 2.24) is 5.39 Å². The van der Waals surface area contributed by atoms with E-state index >= 15 is 0 Å². The molecule has 2 rings (SSSR count). The zero-order valence-electron chi connectivity index (χ0n) is 20.0. The number of benzene rings is 2. The number of carbonyl (C=O) groups is 4. The van der Waals surface area contributed by atoms with E-state index in [0.29, 0.717) is 30.6 Å². The van der Waals surface area contributed by atoms with Crippen molar-refractivity contribution in [2.45, 2.75) is 38.5 Å². The van der Waals surface area contributed by atoms with E-state index < -0.39 is 37.0 Å². The molecule has 12 heteroatoms. The van der Waals surface area contributed by atoms with Gasteiger partial charge >= 0.3 is 23.9 Å². The fourth-order valence-electron chi connectivity index (χ4n) is 3.08. The van der Waals surface area contributed by atoms with Crippen molar-refractivity contribution in [1.29, 1.82) is 0 Å². The lowest BCUT2D eigenvalue weighted by Crippen LogP contribution is -2.22. The molecule has 1 unspecified atom stereocenters. The van der Waals surface area contributed by atoms with Crippen LogP contribution in [0.3, 0.4) is 0 Å². The molecule has 2 aromatic carbocycles. The van der Waals surface area contributed by atoms with Crippen molar-refractivity contribution >= 4 is 34.6 Å². The number of fused-ring (bicyclic) bond motifs is 1. The number of nitrogens with zero attached hydrogens (tertiary/aromatic N) is 1. The molecule has 0 radical (unpaired) electrons. The molecule has 12 nitrogen and oxygen atoms in total. The molecule has 0 bridgehead atoms. The van der Waals surface area contributed by atoms with Gasteiger partial charge < -0.3 is 18.9 Å². The van der Waals surface area contributed by atoms with Gasteiger partial charge in [0.15, 0.2) is 13.2 Å². The molecule has 2 aromatic rings. The summed E-state index contributed by atoms with van der Waals surface area (Å²) in [6.45, 7) is 0.569. The minimum Gasteiger partial charge on any atom is -0.466 e. The average Bonchev–Trinajstić information content (AvgIpc) is 2.86. The maximum atomic E-state index is 12.3. The quantitative estimate of drug-likeness (QED) is 0.127. The van der Waals surface area contributed by atoms with E-state index in [1.807, 2.05) is 0 Å². The van der Waals surface area contributed by atoms with Crippen LogP contribution in [0.1, 0.15) is 44.1 Å². The van der Waals surface area contributed by atoms with Gasteiger partial charge in [-0.3, -0.25) is 24.8 Å². The monoisotopic (exact) mass is 507 g/mol. The molecule has 0 aliphatic carbocycles. The standard InChI is InChI=1S/C24H29NO11/c1-16(24(29)34-15-23(28)33-14-22(27)32-2)17-7-8-19-13-20(10-9-18(19)12-17)36-21(26)6-4-3-5-11-35-25(30)31/h7-10,12-13,16,30-31H,3-6,11,14-15H2,1-2H3. The summed E-state index contributed by atoms with van der Waals surface area (Å²) in [7, 11) is 1.16. The number of esters is 4. The van der Waals surface area contributed by atoms with E-state index in [9.17, 15) is 19.2 Å². The van der Waals surface area contributed by atoms with E-state index in [2.05, 4.69) is 14.3 Å². The van der Waals surface area contributed by atoms with Crippen LogP contribution in [0.2, 0.25) is 0 Å². The Bertz CT molecular complexity index is 1050. The van der Waals surface area contributed by atoms with Crippen molar-refractivity contribution in [3.05, 3.63) is 42.0 Å². The topological polar surface area (TPSA) is 158 Å². The van der Waals surface area contributed by atoms with Crippen molar-refractivity contribution < 1.29 is 53.4 Å². The van der Waals surface area contributed by atoms with Gasteiger partial charge in [-0.2, -0.15) is 0 Å². The fourth-order valence-corrected chi connectivity index (χ4v) is 3.08. The second-order valence-corrected chi connectivity index (χ2v) is 7.71. The Labute approximate surface area is 207 Å². The van der Waals surface area contributed by atoms with Gasteiger partial charge in [0.05, 0.1) is 25.0 Å². The maximum Gasteiger partial charge on any atom is 0.344 e. The zero-order chi connectivity index (χ0) is 26.5. The van der Waals surface area contributed by atoms with Crippen LogP contribution in [0.4, 0.5) is 0 Å². The minimum atomic E-state index is -0.865. The highest BCUT2D eigenvalue weighted by Crippen LogP contribution is 2.26. The van der Waals surface area contributed by atoms with Crippen molar-refractivity contribution in [2.24, 2.45) is 0 Å². The molecule has 0 spiro atoms. The molecular formula is C24H29NO11. The van der Waals surface area contributed by atoms with Crippen LogP contribution >= 0.6 is 0 Å². The molecule has 36 heavy (non-hydrogen) atoms. The molecule has 0 amide bonds. The van der Waals surface area contributed by atoms with Gasteiger partial charge in [-0.05, 0) is 48.2 Å². The lowest BCUT2D eigenvalue weighted by atomic mass is 9.98. The molecule has 0 saturated carbocycles. The molecule has 0 fully saturated rings. The van der Waals surface area contributed by atoms with Gasteiger partial charge in [0, 0.05) is 6.42 Å². The van der Waals surface area contributed by atoms with Crippen LogP contribution in [-0.4, -0.2) is 66.6 Å². The molecule has 0 heterocycles. The molecule has 0 aliphatic rings. The second kappa shape index (κ2) is 14.7. The van der Waals surface area contributed by atoms with Gasteiger partial charge in [-0.25, -0.2) is 9.59 Å². The number of carbonyl (C=O) groups excluding carboxylic acids is 4. The summed E-state index contributed by atoms with van der Waals surface area (Å²) in [5.74, 6) is -2.89. The average molecular weight is 507 g/mol. The van der Waals surface area contributed by atoms with E-state index in [1.54, 1.807) is 43.3 Å². The third-order valence-electron chi connectivity index (χ3n) is 5.06. The first-order chi connectivity index (χ1) is 17.2. The number of hydrogen-bond acceptors (Lipinski definition) is 12. The largest absolute Gasteiger partial charge is 0.466 e. The lowest BCUT2D eigenvalue weighted by Gasteiger charge is -2.13. The summed E-state index contributed by atoms with van der Waals surface area (Å²) in [6, 6.07) is 10.4. The Hall–Kier alpha value is -3.58. The van der Waals surface area contributed by atoms with E-state index in [-0.39, 0.29) is 24.4 Å². The minimum absolute atomic E-state index is 0.120. The second-order valence-electron chi connectivity index (χ2n) is 7.71. The first-order valence-corrected chi connectivity index (χ1v) is 11.1. The summed E-state index contributed by atoms with van der Waals surface area (Å²) in [5, 5.41) is 18.1. The Morgan fingerprint density at radius 2 is 1.56 bits per heavy atom. The predicted molar refractivity (Wildman–Crippen MR) is 122 cm³/mol. The Balaban J connectivity index is 1.84. The third kappa shape index (κ3) is 9.96. The van der Waals surface area contributed by atoms with Crippen LogP contribution < -0.4 is 4.74 Å². The van der Waals surface area contributed by atoms with Crippen LogP contribution in [0, 0.1) is 0 Å². The van der Waals surface area contributed by atoms with Gasteiger partial charge in [0.1, 0.15) is 5.75 Å². The molecule has 0 saturated heterocycles. The molecule has 196 valence electrons. The van der Waals surface area contributed by atoms with E-state index in [1.165, 1.54) is 0 Å². The van der Waals surface area contributed by atoms with Crippen molar-refractivity contribution in [2.75, 3.05) is 26.9 Å². The lowest BCUT2D eigenvalue weighted by molar-refractivity contribution is -0.492.